The van der Waals surface area contributed by atoms with E-state index in [0.29, 0.717) is 26.4 Å². The van der Waals surface area contributed by atoms with E-state index in [9.17, 15) is 9.59 Å². The first-order valence-electron chi connectivity index (χ1n) is 14.9. The fraction of sp³-hybridized carbons (Fsp3) is 0.250. The van der Waals surface area contributed by atoms with Crippen LogP contribution in [0.3, 0.4) is 0 Å². The standard InChI is InChI=1S/C36H36N4O4S/c1-8-44-35(42)31-22(3)37-36-40(33(31)32-28-12-10-9-11-24(28)13-18-29(32)43-7)34(41)30(45-36)20-25-19-21(2)39(23(25)4)27-16-14-26(15-17-27)38(5)6/h9-20,33H,8H2,1-7H3/b30-20+/t33-/m1/s1. The number of aryl methyl sites for hydroxylation is 1. The van der Waals surface area contributed by atoms with Crippen LogP contribution in [-0.4, -0.2) is 42.9 Å². The van der Waals surface area contributed by atoms with Crippen LogP contribution < -0.4 is 24.5 Å². The van der Waals surface area contributed by atoms with Gasteiger partial charge in [-0.2, -0.15) is 0 Å². The number of carbonyl (C=O) groups excluding carboxylic acids is 1. The van der Waals surface area contributed by atoms with Gasteiger partial charge in [-0.1, -0.05) is 41.7 Å². The van der Waals surface area contributed by atoms with Crippen molar-refractivity contribution in [2.45, 2.75) is 33.7 Å². The molecule has 1 atom stereocenters. The van der Waals surface area contributed by atoms with Gasteiger partial charge < -0.3 is 18.9 Å². The van der Waals surface area contributed by atoms with Gasteiger partial charge in [-0.25, -0.2) is 9.79 Å². The van der Waals surface area contributed by atoms with Crippen LogP contribution in [0.1, 0.15) is 42.4 Å². The number of nitrogens with zero attached hydrogens (tertiary/aromatic N) is 4. The number of hydrogen-bond acceptors (Lipinski definition) is 7. The normalized spacial score (nSPS) is 14.8. The zero-order chi connectivity index (χ0) is 32.0. The minimum Gasteiger partial charge on any atom is -0.496 e. The van der Waals surface area contributed by atoms with Crippen molar-refractivity contribution < 1.29 is 14.3 Å². The molecular formula is C36H36N4O4S. The van der Waals surface area contributed by atoms with Crippen LogP contribution in [-0.2, 0) is 9.53 Å². The van der Waals surface area contributed by atoms with Crippen LogP contribution in [0.15, 0.2) is 87.8 Å². The van der Waals surface area contributed by atoms with Crippen molar-refractivity contribution in [3.05, 3.63) is 120 Å². The van der Waals surface area contributed by atoms with E-state index in [2.05, 4.69) is 53.6 Å². The second-order valence-electron chi connectivity index (χ2n) is 11.3. The van der Waals surface area contributed by atoms with Gasteiger partial charge in [0.05, 0.1) is 29.5 Å². The highest BCUT2D eigenvalue weighted by atomic mass is 32.1. The largest absolute Gasteiger partial charge is 0.496 e. The Morgan fingerprint density at radius 1 is 1.04 bits per heavy atom. The fourth-order valence-electron chi connectivity index (χ4n) is 6.17. The second-order valence-corrected chi connectivity index (χ2v) is 12.3. The van der Waals surface area contributed by atoms with E-state index < -0.39 is 12.0 Å². The number of thiazole rings is 1. The molecule has 3 aromatic carbocycles. The second kappa shape index (κ2) is 11.9. The van der Waals surface area contributed by atoms with Crippen LogP contribution >= 0.6 is 11.3 Å². The average Bonchev–Trinajstić information content (AvgIpc) is 3.48. The Kier molecular flexibility index (Phi) is 7.97. The Labute approximate surface area is 265 Å². The van der Waals surface area contributed by atoms with Crippen molar-refractivity contribution in [2.75, 3.05) is 32.7 Å². The number of hydrogen-bond donors (Lipinski definition) is 0. The van der Waals surface area contributed by atoms with Gasteiger partial charge in [0.2, 0.25) is 0 Å². The molecule has 0 amide bonds. The number of esters is 1. The first-order chi connectivity index (χ1) is 21.6. The Hall–Kier alpha value is -4.89. The zero-order valence-corrected chi connectivity index (χ0v) is 27.4. The third-order valence-electron chi connectivity index (χ3n) is 8.32. The smallest absolute Gasteiger partial charge is 0.338 e. The molecule has 1 aliphatic heterocycles. The van der Waals surface area contributed by atoms with Crippen molar-refractivity contribution in [1.82, 2.24) is 9.13 Å². The third kappa shape index (κ3) is 5.17. The molecule has 3 heterocycles. The SMILES string of the molecule is CCOC(=O)C1=C(C)N=c2s/c(=C/c3cc(C)n(-c4ccc(N(C)C)cc4)c3C)c(=O)n2[C@H]1c1c(OC)ccc2ccccc12. The molecule has 0 saturated carbocycles. The number of allylic oxidation sites excluding steroid dienone is 1. The Morgan fingerprint density at radius 2 is 1.78 bits per heavy atom. The van der Waals surface area contributed by atoms with Gasteiger partial charge in [0.1, 0.15) is 11.8 Å². The van der Waals surface area contributed by atoms with Gasteiger partial charge in [0.25, 0.3) is 5.56 Å². The molecule has 0 radical (unpaired) electrons. The minimum absolute atomic E-state index is 0.201. The maximum atomic E-state index is 14.4. The van der Waals surface area contributed by atoms with Crippen molar-refractivity contribution in [3.63, 3.8) is 0 Å². The lowest BCUT2D eigenvalue weighted by Gasteiger charge is -2.27. The highest BCUT2D eigenvalue weighted by Gasteiger charge is 2.36. The number of anilines is 1. The fourth-order valence-corrected chi connectivity index (χ4v) is 7.21. The number of fused-ring (bicyclic) bond motifs is 2. The average molecular weight is 621 g/mol. The first kappa shape index (κ1) is 30.1. The van der Waals surface area contributed by atoms with Gasteiger partial charge in [-0.05, 0) is 86.5 Å². The molecule has 1 aliphatic rings. The van der Waals surface area contributed by atoms with Crippen molar-refractivity contribution in [2.24, 2.45) is 4.99 Å². The van der Waals surface area contributed by atoms with E-state index in [1.807, 2.05) is 56.6 Å². The lowest BCUT2D eigenvalue weighted by atomic mass is 9.90. The highest BCUT2D eigenvalue weighted by molar-refractivity contribution is 7.07. The Bertz CT molecular complexity index is 2170. The summed E-state index contributed by atoms with van der Waals surface area (Å²) in [5.41, 5.74) is 6.52. The summed E-state index contributed by atoms with van der Waals surface area (Å²) >= 11 is 1.32. The summed E-state index contributed by atoms with van der Waals surface area (Å²) in [5, 5.41) is 1.86. The zero-order valence-electron chi connectivity index (χ0n) is 26.5. The number of ether oxygens (including phenoxy) is 2. The summed E-state index contributed by atoms with van der Waals surface area (Å²) < 4.78 is 15.7. The van der Waals surface area contributed by atoms with Crippen LogP contribution in [0.5, 0.6) is 5.75 Å². The molecule has 45 heavy (non-hydrogen) atoms. The number of aromatic nitrogens is 2. The molecule has 5 aromatic rings. The molecule has 2 aromatic heterocycles. The molecule has 8 nitrogen and oxygen atoms in total. The predicted molar refractivity (Wildman–Crippen MR) is 180 cm³/mol. The number of carbonyl (C=O) groups is 1. The lowest BCUT2D eigenvalue weighted by molar-refractivity contribution is -0.139. The van der Waals surface area contributed by atoms with Crippen molar-refractivity contribution in [3.8, 4) is 11.4 Å². The lowest BCUT2D eigenvalue weighted by Crippen LogP contribution is -2.40. The first-order valence-corrected chi connectivity index (χ1v) is 15.7. The molecule has 230 valence electrons. The van der Waals surface area contributed by atoms with Gasteiger partial charge in [0.15, 0.2) is 4.80 Å². The molecule has 0 aliphatic carbocycles. The number of rotatable bonds is 7. The van der Waals surface area contributed by atoms with Gasteiger partial charge in [-0.15, -0.1) is 0 Å². The predicted octanol–water partition coefficient (Wildman–Crippen LogP) is 5.43. The van der Waals surface area contributed by atoms with E-state index >= 15 is 0 Å². The molecule has 0 saturated heterocycles. The Balaban J connectivity index is 1.57. The summed E-state index contributed by atoms with van der Waals surface area (Å²) in [5.74, 6) is 0.0745. The van der Waals surface area contributed by atoms with E-state index in [0.717, 1.165) is 44.7 Å². The molecule has 0 bridgehead atoms. The van der Waals surface area contributed by atoms with Crippen LogP contribution in [0.25, 0.3) is 22.5 Å². The topological polar surface area (TPSA) is 78.1 Å². The highest BCUT2D eigenvalue weighted by Crippen LogP contribution is 2.40. The van der Waals surface area contributed by atoms with Gasteiger partial charge in [0, 0.05) is 42.4 Å². The van der Waals surface area contributed by atoms with E-state index in [4.69, 9.17) is 14.5 Å². The van der Waals surface area contributed by atoms with Gasteiger partial charge >= 0.3 is 5.97 Å². The monoisotopic (exact) mass is 620 g/mol. The molecule has 9 heteroatoms. The molecule has 0 unspecified atom stereocenters. The quantitative estimate of drug-likeness (QED) is 0.227. The molecule has 0 spiro atoms. The van der Waals surface area contributed by atoms with Crippen molar-refractivity contribution in [1.29, 1.82) is 0 Å². The maximum absolute atomic E-state index is 14.4. The minimum atomic E-state index is -0.786. The maximum Gasteiger partial charge on any atom is 0.338 e. The molecule has 0 fully saturated rings. The van der Waals surface area contributed by atoms with E-state index in [1.165, 1.54) is 11.3 Å². The van der Waals surface area contributed by atoms with Gasteiger partial charge in [-0.3, -0.25) is 9.36 Å². The summed E-state index contributed by atoms with van der Waals surface area (Å²) in [4.78, 5) is 35.3. The van der Waals surface area contributed by atoms with Crippen LogP contribution in [0.2, 0.25) is 0 Å². The number of methoxy groups -OCH3 is 1. The number of benzene rings is 3. The summed E-state index contributed by atoms with van der Waals surface area (Å²) in [6.07, 6.45) is 1.93. The Morgan fingerprint density at radius 3 is 2.47 bits per heavy atom. The van der Waals surface area contributed by atoms with Crippen LogP contribution in [0.4, 0.5) is 5.69 Å². The van der Waals surface area contributed by atoms with Crippen molar-refractivity contribution >= 4 is 39.8 Å². The summed E-state index contributed by atoms with van der Waals surface area (Å²) in [6.45, 7) is 7.88. The van der Waals surface area contributed by atoms with E-state index in [-0.39, 0.29) is 12.2 Å². The third-order valence-corrected chi connectivity index (χ3v) is 9.31. The molecular weight excluding hydrogens is 584 g/mol. The molecule has 6 rings (SSSR count). The molecule has 0 N–H and O–H groups in total. The summed E-state index contributed by atoms with van der Waals surface area (Å²) in [6, 6.07) is 21.5. The van der Waals surface area contributed by atoms with E-state index in [1.54, 1.807) is 25.5 Å². The summed E-state index contributed by atoms with van der Waals surface area (Å²) in [7, 11) is 5.64. The van der Waals surface area contributed by atoms with Crippen LogP contribution in [0, 0.1) is 13.8 Å².